The third-order valence-electron chi connectivity index (χ3n) is 1.81. The van der Waals surface area contributed by atoms with Crippen LogP contribution in [0.1, 0.15) is 4.88 Å². The maximum atomic E-state index is 11.9. The lowest BCUT2D eigenvalue weighted by atomic mass is 10.4. The number of nitrogens with two attached hydrogens (primary N) is 1. The third kappa shape index (κ3) is 2.40. The van der Waals surface area contributed by atoms with Gasteiger partial charge in [0.1, 0.15) is 0 Å². The minimum absolute atomic E-state index is 0.457. The number of pyridine rings is 1. The Hall–Kier alpha value is -1.27. The predicted molar refractivity (Wildman–Crippen MR) is 60.9 cm³/mol. The molecule has 78 valence electrons. The van der Waals surface area contributed by atoms with Gasteiger partial charge in [-0.3, -0.25) is 14.2 Å². The van der Waals surface area contributed by atoms with Gasteiger partial charge in [0.15, 0.2) is 0 Å². The normalized spacial score (nSPS) is 12.5. The van der Waals surface area contributed by atoms with E-state index < -0.39 is 10.8 Å². The van der Waals surface area contributed by atoms with Crippen molar-refractivity contribution in [2.45, 2.75) is 10.6 Å². The monoisotopic (exact) mass is 239 g/mol. The molecule has 2 aromatic heterocycles. The summed E-state index contributed by atoms with van der Waals surface area (Å²) in [5.74, 6) is 0.457. The Morgan fingerprint density at radius 3 is 2.93 bits per heavy atom. The van der Waals surface area contributed by atoms with Crippen LogP contribution in [0.15, 0.2) is 35.1 Å². The molecule has 4 nitrogen and oxygen atoms in total. The molecule has 0 aliphatic rings. The standard InChI is InChI=1S/C9H9N3OS2/c10-8-4-11-2-1-9(8)15(13)5-7-3-12-6-14-7/h1-4,6H,5,10H2. The number of anilines is 1. The van der Waals surface area contributed by atoms with Crippen LogP contribution in [0.4, 0.5) is 5.69 Å². The second kappa shape index (κ2) is 4.50. The number of hydrogen-bond acceptors (Lipinski definition) is 5. The lowest BCUT2D eigenvalue weighted by molar-refractivity contribution is 0.683. The minimum atomic E-state index is -1.12. The Morgan fingerprint density at radius 1 is 1.40 bits per heavy atom. The Morgan fingerprint density at radius 2 is 2.27 bits per heavy atom. The van der Waals surface area contributed by atoms with E-state index in [4.69, 9.17) is 5.73 Å². The van der Waals surface area contributed by atoms with Gasteiger partial charge in [0, 0.05) is 17.3 Å². The fourth-order valence-electron chi connectivity index (χ4n) is 1.12. The van der Waals surface area contributed by atoms with E-state index in [1.54, 1.807) is 24.0 Å². The van der Waals surface area contributed by atoms with Gasteiger partial charge in [-0.2, -0.15) is 0 Å². The molecule has 0 radical (unpaired) electrons. The summed E-state index contributed by atoms with van der Waals surface area (Å²) < 4.78 is 11.9. The highest BCUT2D eigenvalue weighted by Gasteiger charge is 2.09. The molecule has 0 aliphatic heterocycles. The second-order valence-electron chi connectivity index (χ2n) is 2.87. The third-order valence-corrected chi connectivity index (χ3v) is 4.21. The SMILES string of the molecule is Nc1cnccc1S(=O)Cc1cncs1. The summed E-state index contributed by atoms with van der Waals surface area (Å²) in [5, 5.41) is 0. The van der Waals surface area contributed by atoms with E-state index in [-0.39, 0.29) is 0 Å². The number of thiazole rings is 1. The van der Waals surface area contributed by atoms with Gasteiger partial charge in [-0.1, -0.05) is 0 Å². The molecule has 0 fully saturated rings. The van der Waals surface area contributed by atoms with Gasteiger partial charge in [-0.05, 0) is 6.07 Å². The van der Waals surface area contributed by atoms with E-state index in [0.717, 1.165) is 4.88 Å². The number of nitrogens with zero attached hydrogens (tertiary/aromatic N) is 2. The van der Waals surface area contributed by atoms with Crippen molar-refractivity contribution in [3.63, 3.8) is 0 Å². The molecule has 6 heteroatoms. The highest BCUT2D eigenvalue weighted by Crippen LogP contribution is 2.18. The first-order chi connectivity index (χ1) is 7.27. The smallest absolute Gasteiger partial charge is 0.0794 e. The molecule has 1 atom stereocenters. The van der Waals surface area contributed by atoms with Crippen molar-refractivity contribution < 1.29 is 4.21 Å². The highest BCUT2D eigenvalue weighted by molar-refractivity contribution is 7.84. The van der Waals surface area contributed by atoms with Crippen molar-refractivity contribution in [3.05, 3.63) is 35.0 Å². The first-order valence-electron chi connectivity index (χ1n) is 4.22. The largest absolute Gasteiger partial charge is 0.396 e. The fraction of sp³-hybridized carbons (Fsp3) is 0.111. The lowest BCUT2D eigenvalue weighted by Crippen LogP contribution is -2.00. The van der Waals surface area contributed by atoms with Gasteiger partial charge in [-0.25, -0.2) is 0 Å². The highest BCUT2D eigenvalue weighted by atomic mass is 32.2. The lowest BCUT2D eigenvalue weighted by Gasteiger charge is -2.02. The van der Waals surface area contributed by atoms with Gasteiger partial charge in [0.05, 0.1) is 38.8 Å². The van der Waals surface area contributed by atoms with Gasteiger partial charge >= 0.3 is 0 Å². The Bertz CT molecular complexity index is 470. The Labute approximate surface area is 93.6 Å². The first kappa shape index (κ1) is 10.3. The van der Waals surface area contributed by atoms with Crippen molar-refractivity contribution in [2.24, 2.45) is 0 Å². The number of aromatic nitrogens is 2. The van der Waals surface area contributed by atoms with Gasteiger partial charge in [0.25, 0.3) is 0 Å². The van der Waals surface area contributed by atoms with Crippen LogP contribution < -0.4 is 5.73 Å². The zero-order valence-electron chi connectivity index (χ0n) is 7.79. The molecule has 15 heavy (non-hydrogen) atoms. The second-order valence-corrected chi connectivity index (χ2v) is 5.26. The summed E-state index contributed by atoms with van der Waals surface area (Å²) in [7, 11) is -1.12. The van der Waals surface area contributed by atoms with Crippen molar-refractivity contribution >= 4 is 27.8 Å². The van der Waals surface area contributed by atoms with Crippen LogP contribution in [0, 0.1) is 0 Å². The number of rotatable bonds is 3. The van der Waals surface area contributed by atoms with Gasteiger partial charge < -0.3 is 5.73 Å². The average molecular weight is 239 g/mol. The summed E-state index contributed by atoms with van der Waals surface area (Å²) in [6.07, 6.45) is 4.83. The van der Waals surface area contributed by atoms with E-state index in [1.807, 2.05) is 0 Å². The predicted octanol–water partition coefficient (Wildman–Crippen LogP) is 1.43. The molecule has 2 rings (SSSR count). The summed E-state index contributed by atoms with van der Waals surface area (Å²) in [5.41, 5.74) is 7.88. The van der Waals surface area contributed by atoms with E-state index in [0.29, 0.717) is 16.3 Å². The van der Waals surface area contributed by atoms with Crippen LogP contribution in [0.5, 0.6) is 0 Å². The fourth-order valence-corrected chi connectivity index (χ4v) is 3.11. The summed E-state index contributed by atoms with van der Waals surface area (Å²) in [6, 6.07) is 1.69. The molecule has 1 unspecified atom stereocenters. The van der Waals surface area contributed by atoms with Crippen LogP contribution in [0.3, 0.4) is 0 Å². The topological polar surface area (TPSA) is 68.9 Å². The summed E-state index contributed by atoms with van der Waals surface area (Å²) in [4.78, 5) is 9.41. The van der Waals surface area contributed by atoms with Crippen LogP contribution >= 0.6 is 11.3 Å². The molecule has 2 heterocycles. The quantitative estimate of drug-likeness (QED) is 0.879. The molecule has 0 aliphatic carbocycles. The van der Waals surface area contributed by atoms with Crippen molar-refractivity contribution in [1.82, 2.24) is 9.97 Å². The molecule has 0 spiro atoms. The zero-order chi connectivity index (χ0) is 10.7. The zero-order valence-corrected chi connectivity index (χ0v) is 9.42. The molecule has 0 amide bonds. The maximum Gasteiger partial charge on any atom is 0.0794 e. The minimum Gasteiger partial charge on any atom is -0.396 e. The molecule has 2 N–H and O–H groups in total. The summed E-state index contributed by atoms with van der Waals surface area (Å²) in [6.45, 7) is 0. The van der Waals surface area contributed by atoms with E-state index >= 15 is 0 Å². The number of hydrogen-bond donors (Lipinski definition) is 1. The van der Waals surface area contributed by atoms with Crippen LogP contribution in [0.2, 0.25) is 0 Å². The number of nitrogen functional groups attached to an aromatic ring is 1. The molecular weight excluding hydrogens is 230 g/mol. The van der Waals surface area contributed by atoms with Crippen LogP contribution in [-0.2, 0) is 16.6 Å². The van der Waals surface area contributed by atoms with Gasteiger partial charge in [0.2, 0.25) is 0 Å². The van der Waals surface area contributed by atoms with Crippen molar-refractivity contribution in [1.29, 1.82) is 0 Å². The van der Waals surface area contributed by atoms with E-state index in [1.165, 1.54) is 17.5 Å². The van der Waals surface area contributed by atoms with Crippen molar-refractivity contribution in [2.75, 3.05) is 5.73 Å². The molecule has 0 saturated carbocycles. The molecule has 0 aromatic carbocycles. The maximum absolute atomic E-state index is 11.9. The molecule has 0 bridgehead atoms. The van der Waals surface area contributed by atoms with Crippen LogP contribution in [0.25, 0.3) is 0 Å². The average Bonchev–Trinajstić information content (AvgIpc) is 2.71. The Kier molecular flexibility index (Phi) is 3.08. The first-order valence-corrected chi connectivity index (χ1v) is 6.42. The van der Waals surface area contributed by atoms with Crippen molar-refractivity contribution in [3.8, 4) is 0 Å². The summed E-state index contributed by atoms with van der Waals surface area (Å²) >= 11 is 1.49. The Balaban J connectivity index is 2.19. The van der Waals surface area contributed by atoms with E-state index in [2.05, 4.69) is 9.97 Å². The molecule has 0 saturated heterocycles. The molecular formula is C9H9N3OS2. The van der Waals surface area contributed by atoms with E-state index in [9.17, 15) is 4.21 Å². The van der Waals surface area contributed by atoms with Crippen LogP contribution in [-0.4, -0.2) is 14.2 Å². The molecule has 2 aromatic rings. The van der Waals surface area contributed by atoms with Gasteiger partial charge in [-0.15, -0.1) is 11.3 Å².